The van der Waals surface area contributed by atoms with Gasteiger partial charge in [-0.05, 0) is 11.1 Å². The van der Waals surface area contributed by atoms with Crippen LogP contribution in [0.3, 0.4) is 0 Å². The van der Waals surface area contributed by atoms with Crippen molar-refractivity contribution in [2.45, 2.75) is 0 Å². The van der Waals surface area contributed by atoms with Gasteiger partial charge in [0.05, 0.1) is 0 Å². The van der Waals surface area contributed by atoms with Crippen LogP contribution in [-0.4, -0.2) is 10.2 Å². The van der Waals surface area contributed by atoms with Crippen LogP contribution in [0.5, 0.6) is 0 Å². The molecule has 0 N–H and O–H groups in total. The number of carbonyl (C=O) groups excluding carboxylic acids is 2. The molecule has 0 fully saturated rings. The zero-order valence-corrected chi connectivity index (χ0v) is 12.3. The van der Waals surface area contributed by atoms with Crippen molar-refractivity contribution in [1.82, 2.24) is 0 Å². The Labute approximate surface area is 133 Å². The van der Waals surface area contributed by atoms with E-state index in [1.807, 2.05) is 12.1 Å². The molecule has 19 heavy (non-hydrogen) atoms. The predicted octanol–water partition coefficient (Wildman–Crippen LogP) is 2.74. The van der Waals surface area contributed by atoms with Crippen molar-refractivity contribution in [3.05, 3.63) is 71.8 Å². The summed E-state index contributed by atoms with van der Waals surface area (Å²) in [6.07, 6.45) is 0. The van der Waals surface area contributed by atoms with Crippen molar-refractivity contribution in [2.24, 2.45) is 0 Å². The second kappa shape index (κ2) is 9.62. The fourth-order valence-electron chi connectivity index (χ4n) is 1.15. The second-order valence-corrected chi connectivity index (χ2v) is 4.05. The summed E-state index contributed by atoms with van der Waals surface area (Å²) in [5.41, 5.74) is 1.18. The molecule has 0 radical (unpaired) electrons. The van der Waals surface area contributed by atoms with Crippen molar-refractivity contribution in [2.75, 3.05) is 0 Å². The van der Waals surface area contributed by atoms with Crippen molar-refractivity contribution in [3.63, 3.8) is 0 Å². The average molecular weight is 333 g/mol. The standard InChI is InChI=1S/2C7H6OS.Ni/c2*8-7(9)6-4-2-1-3-5-6;/h2*1-5H,(H,8,9);/q;;+2/p-2. The number of benzene rings is 2. The Morgan fingerprint density at radius 3 is 1.05 bits per heavy atom. The molecule has 0 amide bonds. The molecule has 0 bridgehead atoms. The van der Waals surface area contributed by atoms with E-state index in [9.17, 15) is 9.59 Å². The van der Waals surface area contributed by atoms with Crippen LogP contribution in [0.2, 0.25) is 0 Å². The normalized spacial score (nSPS) is 8.42. The van der Waals surface area contributed by atoms with Gasteiger partial charge in [0.2, 0.25) is 0 Å². The minimum Gasteiger partial charge on any atom is -0.737 e. The van der Waals surface area contributed by atoms with E-state index in [0.29, 0.717) is 11.1 Å². The van der Waals surface area contributed by atoms with Crippen LogP contribution < -0.4 is 0 Å². The van der Waals surface area contributed by atoms with Crippen LogP contribution in [0.1, 0.15) is 20.7 Å². The summed E-state index contributed by atoms with van der Waals surface area (Å²) in [7, 11) is 0. The maximum atomic E-state index is 10.5. The van der Waals surface area contributed by atoms with Gasteiger partial charge in [-0.25, -0.2) is 0 Å². The molecule has 0 aliphatic carbocycles. The van der Waals surface area contributed by atoms with Gasteiger partial charge in [0.1, 0.15) is 0 Å². The zero-order chi connectivity index (χ0) is 13.4. The number of carbonyl (C=O) groups is 2. The maximum absolute atomic E-state index is 10.5. The maximum Gasteiger partial charge on any atom is 2.00 e. The third-order valence-corrected chi connectivity index (χ3v) is 2.49. The molecule has 0 atom stereocenters. The fraction of sp³-hybridized carbons (Fsp3) is 0. The van der Waals surface area contributed by atoms with Crippen molar-refractivity contribution in [3.8, 4) is 0 Å². The van der Waals surface area contributed by atoms with E-state index < -0.39 is 0 Å². The fourth-order valence-corrected chi connectivity index (χ4v) is 1.42. The zero-order valence-electron chi connectivity index (χ0n) is 9.72. The van der Waals surface area contributed by atoms with Crippen molar-refractivity contribution >= 4 is 35.5 Å². The van der Waals surface area contributed by atoms with Gasteiger partial charge >= 0.3 is 16.5 Å². The van der Waals surface area contributed by atoms with E-state index in [1.54, 1.807) is 48.5 Å². The molecule has 2 aromatic carbocycles. The van der Waals surface area contributed by atoms with Gasteiger partial charge in [-0.1, -0.05) is 60.7 Å². The molecule has 0 heterocycles. The first-order valence-electron chi connectivity index (χ1n) is 5.14. The minimum atomic E-state index is -0.296. The quantitative estimate of drug-likeness (QED) is 0.625. The summed E-state index contributed by atoms with van der Waals surface area (Å²) in [5, 5.41) is -0.591. The molecular weight excluding hydrogens is 323 g/mol. The van der Waals surface area contributed by atoms with Gasteiger partial charge in [-0.15, -0.1) is 0 Å². The monoisotopic (exact) mass is 332 g/mol. The SMILES string of the molecule is O=C([S-])c1ccccc1.O=C([S-])c1ccccc1.[Ni+2]. The molecule has 0 aliphatic heterocycles. The minimum absolute atomic E-state index is 0. The van der Waals surface area contributed by atoms with E-state index in [0.717, 1.165) is 0 Å². The number of hydrogen-bond acceptors (Lipinski definition) is 4. The van der Waals surface area contributed by atoms with Gasteiger partial charge in [0, 0.05) is 10.2 Å². The average Bonchev–Trinajstić information content (AvgIpc) is 2.41. The first-order valence-corrected chi connectivity index (χ1v) is 5.95. The molecule has 0 aromatic heterocycles. The first-order chi connectivity index (χ1) is 8.61. The van der Waals surface area contributed by atoms with Crippen LogP contribution in [0.4, 0.5) is 0 Å². The Kier molecular flexibility index (Phi) is 8.97. The molecule has 0 aliphatic rings. The Morgan fingerprint density at radius 2 is 0.895 bits per heavy atom. The molecule has 0 unspecified atom stereocenters. The summed E-state index contributed by atoms with van der Waals surface area (Å²) in [4.78, 5) is 20.9. The Bertz CT molecular complexity index is 466. The van der Waals surface area contributed by atoms with Crippen LogP contribution in [0.25, 0.3) is 0 Å². The summed E-state index contributed by atoms with van der Waals surface area (Å²) in [5.74, 6) is 0. The molecule has 2 nitrogen and oxygen atoms in total. The van der Waals surface area contributed by atoms with Gasteiger partial charge in [-0.3, -0.25) is 0 Å². The number of rotatable bonds is 2. The van der Waals surface area contributed by atoms with Crippen molar-refractivity contribution in [1.29, 1.82) is 0 Å². The van der Waals surface area contributed by atoms with Gasteiger partial charge in [0.15, 0.2) is 0 Å². The van der Waals surface area contributed by atoms with Crippen molar-refractivity contribution < 1.29 is 26.1 Å². The molecule has 100 valence electrons. The molecule has 0 saturated carbocycles. The predicted molar refractivity (Wildman–Crippen MR) is 76.3 cm³/mol. The van der Waals surface area contributed by atoms with E-state index in [1.165, 1.54) is 0 Å². The van der Waals surface area contributed by atoms with Gasteiger partial charge in [-0.2, -0.15) is 0 Å². The summed E-state index contributed by atoms with van der Waals surface area (Å²) in [6, 6.07) is 17.7. The smallest absolute Gasteiger partial charge is 0.737 e. The largest absolute Gasteiger partial charge is 2.00 e. The molecule has 0 saturated heterocycles. The van der Waals surface area contributed by atoms with E-state index in [-0.39, 0.29) is 26.7 Å². The van der Waals surface area contributed by atoms with Gasteiger partial charge in [0.25, 0.3) is 0 Å². The third kappa shape index (κ3) is 7.01. The van der Waals surface area contributed by atoms with Crippen LogP contribution in [-0.2, 0) is 41.7 Å². The Hall–Kier alpha value is -1.29. The van der Waals surface area contributed by atoms with E-state index in [2.05, 4.69) is 25.3 Å². The number of hydrogen-bond donors (Lipinski definition) is 0. The van der Waals surface area contributed by atoms with E-state index in [4.69, 9.17) is 0 Å². The Balaban J connectivity index is 0.000000324. The topological polar surface area (TPSA) is 34.1 Å². The van der Waals surface area contributed by atoms with E-state index >= 15 is 0 Å². The van der Waals surface area contributed by atoms with Crippen LogP contribution >= 0.6 is 0 Å². The summed E-state index contributed by atoms with van der Waals surface area (Å²) < 4.78 is 0. The molecule has 5 heteroatoms. The van der Waals surface area contributed by atoms with Crippen LogP contribution in [0, 0.1) is 0 Å². The molecule has 0 spiro atoms. The first kappa shape index (κ1) is 17.7. The van der Waals surface area contributed by atoms with Crippen LogP contribution in [0.15, 0.2) is 60.7 Å². The second-order valence-electron chi connectivity index (χ2n) is 3.31. The molecule has 2 rings (SSSR count). The third-order valence-electron chi connectivity index (χ3n) is 2.02. The summed E-state index contributed by atoms with van der Waals surface area (Å²) in [6.45, 7) is 0. The molecular formula is C14H10NiO2S2. The Morgan fingerprint density at radius 1 is 0.632 bits per heavy atom. The summed E-state index contributed by atoms with van der Waals surface area (Å²) >= 11 is 8.81. The van der Waals surface area contributed by atoms with Gasteiger partial charge < -0.3 is 34.8 Å². The molecule has 2 aromatic rings.